The van der Waals surface area contributed by atoms with Gasteiger partial charge in [-0.3, -0.25) is 9.10 Å². The third-order valence-corrected chi connectivity index (χ3v) is 8.70. The second-order valence-electron chi connectivity index (χ2n) is 9.18. The van der Waals surface area contributed by atoms with Crippen molar-refractivity contribution in [1.29, 1.82) is 0 Å². The van der Waals surface area contributed by atoms with E-state index < -0.39 is 16.1 Å². The van der Waals surface area contributed by atoms with Crippen LogP contribution in [0.25, 0.3) is 0 Å². The number of rotatable bonds is 5. The van der Waals surface area contributed by atoms with E-state index in [1.807, 2.05) is 19.9 Å². The van der Waals surface area contributed by atoms with Gasteiger partial charge in [-0.05, 0) is 80.1 Å². The Morgan fingerprint density at radius 3 is 2.57 bits per heavy atom. The van der Waals surface area contributed by atoms with E-state index in [1.165, 1.54) is 15.4 Å². The highest BCUT2D eigenvalue weighted by molar-refractivity contribution is 7.92. The van der Waals surface area contributed by atoms with Crippen molar-refractivity contribution < 1.29 is 17.9 Å². The van der Waals surface area contributed by atoms with Crippen molar-refractivity contribution in [3.05, 3.63) is 87.9 Å². The fraction of sp³-hybridized carbons (Fsp3) is 0.296. The van der Waals surface area contributed by atoms with Crippen LogP contribution < -0.4 is 14.4 Å². The summed E-state index contributed by atoms with van der Waals surface area (Å²) in [6, 6.07) is 17.5. The number of amides is 1. The summed E-state index contributed by atoms with van der Waals surface area (Å²) >= 11 is 6.18. The van der Waals surface area contributed by atoms with Gasteiger partial charge in [0.15, 0.2) is 6.10 Å². The summed E-state index contributed by atoms with van der Waals surface area (Å²) in [5.74, 6) is -0.0793. The molecule has 0 saturated carbocycles. The summed E-state index contributed by atoms with van der Waals surface area (Å²) in [6.07, 6.45) is 2.30. The van der Waals surface area contributed by atoms with Crippen LogP contribution in [0, 0.1) is 6.92 Å². The molecule has 0 aromatic heterocycles. The first-order chi connectivity index (χ1) is 16.7. The van der Waals surface area contributed by atoms with Crippen molar-refractivity contribution in [1.82, 2.24) is 5.32 Å². The lowest BCUT2D eigenvalue weighted by Crippen LogP contribution is -2.51. The number of aryl methyl sites for hydroxylation is 3. The first-order valence-electron chi connectivity index (χ1n) is 11.7. The van der Waals surface area contributed by atoms with Crippen LogP contribution in [-0.4, -0.2) is 27.0 Å². The van der Waals surface area contributed by atoms with Crippen LogP contribution in [0.5, 0.6) is 5.75 Å². The SMILES string of the molecule is Cc1ccc(S(=O)(=O)N2C[C@H](C(=O)N[C@@H](C)c3ccc4c(c3)CCC4)Oc3ccc(Cl)cc32)cc1. The van der Waals surface area contributed by atoms with Gasteiger partial charge in [-0.2, -0.15) is 0 Å². The molecule has 2 atom stereocenters. The molecule has 1 amide bonds. The number of carbonyl (C=O) groups is 1. The fourth-order valence-corrected chi connectivity index (χ4v) is 6.31. The molecule has 0 radical (unpaired) electrons. The van der Waals surface area contributed by atoms with Gasteiger partial charge >= 0.3 is 0 Å². The number of halogens is 1. The maximum Gasteiger partial charge on any atom is 0.264 e. The van der Waals surface area contributed by atoms with Gasteiger partial charge in [-0.25, -0.2) is 8.42 Å². The standard InChI is InChI=1S/C27H27ClN2O4S/c1-17-6-11-23(12-7-17)35(32,33)30-16-26(34-25-13-10-22(28)15-24(25)30)27(31)29-18(2)20-9-8-19-4-3-5-21(19)14-20/h6-15,18,26H,3-5,16H2,1-2H3,(H,29,31)/t18-,26+/m0/s1. The summed E-state index contributed by atoms with van der Waals surface area (Å²) in [6.45, 7) is 3.65. The van der Waals surface area contributed by atoms with Gasteiger partial charge in [-0.15, -0.1) is 0 Å². The van der Waals surface area contributed by atoms with Crippen molar-refractivity contribution >= 4 is 33.2 Å². The predicted molar refractivity (Wildman–Crippen MR) is 137 cm³/mol. The maximum atomic E-state index is 13.6. The molecule has 0 saturated heterocycles. The molecule has 1 N–H and O–H groups in total. The monoisotopic (exact) mass is 510 g/mol. The Bertz CT molecular complexity index is 1390. The van der Waals surface area contributed by atoms with E-state index in [-0.39, 0.29) is 23.4 Å². The number of nitrogens with zero attached hydrogens (tertiary/aromatic N) is 1. The van der Waals surface area contributed by atoms with E-state index in [0.29, 0.717) is 16.5 Å². The lowest BCUT2D eigenvalue weighted by molar-refractivity contribution is -0.128. The van der Waals surface area contributed by atoms with Crippen molar-refractivity contribution in [3.63, 3.8) is 0 Å². The molecule has 0 bridgehead atoms. The molecule has 1 heterocycles. The Labute approximate surface area is 210 Å². The molecule has 0 unspecified atom stereocenters. The normalized spacial score (nSPS) is 17.8. The highest BCUT2D eigenvalue weighted by atomic mass is 35.5. The second-order valence-corrected chi connectivity index (χ2v) is 11.5. The molecule has 182 valence electrons. The summed E-state index contributed by atoms with van der Waals surface area (Å²) in [4.78, 5) is 13.4. The summed E-state index contributed by atoms with van der Waals surface area (Å²) < 4.78 is 34.4. The number of fused-ring (bicyclic) bond motifs is 2. The number of carbonyl (C=O) groups excluding carboxylic acids is 1. The minimum absolute atomic E-state index is 0.140. The number of sulfonamides is 1. The zero-order valence-corrected chi connectivity index (χ0v) is 21.2. The minimum atomic E-state index is -3.95. The molecule has 35 heavy (non-hydrogen) atoms. The zero-order valence-electron chi connectivity index (χ0n) is 19.6. The molecular weight excluding hydrogens is 484 g/mol. The second kappa shape index (κ2) is 9.21. The maximum absolute atomic E-state index is 13.6. The van der Waals surface area contributed by atoms with Gasteiger partial charge in [0.05, 0.1) is 23.2 Å². The molecule has 1 aliphatic heterocycles. The third-order valence-electron chi connectivity index (χ3n) is 6.67. The first kappa shape index (κ1) is 23.7. The molecule has 0 spiro atoms. The van der Waals surface area contributed by atoms with Crippen molar-refractivity contribution in [2.45, 2.75) is 50.2 Å². The van der Waals surface area contributed by atoms with E-state index in [9.17, 15) is 13.2 Å². The Morgan fingerprint density at radius 2 is 1.80 bits per heavy atom. The molecule has 0 fully saturated rings. The van der Waals surface area contributed by atoms with Crippen LogP contribution in [0.3, 0.4) is 0 Å². The van der Waals surface area contributed by atoms with Crippen LogP contribution in [0.2, 0.25) is 5.02 Å². The van der Waals surface area contributed by atoms with E-state index in [1.54, 1.807) is 42.5 Å². The average molecular weight is 511 g/mol. The summed E-state index contributed by atoms with van der Waals surface area (Å²) in [7, 11) is -3.95. The molecule has 8 heteroatoms. The smallest absolute Gasteiger partial charge is 0.264 e. The Balaban J connectivity index is 1.42. The average Bonchev–Trinajstić information content (AvgIpc) is 3.31. The topological polar surface area (TPSA) is 75.7 Å². The summed E-state index contributed by atoms with van der Waals surface area (Å²) in [5.41, 5.74) is 4.99. The third kappa shape index (κ3) is 4.62. The molecule has 5 rings (SSSR count). The highest BCUT2D eigenvalue weighted by Crippen LogP contribution is 2.39. The van der Waals surface area contributed by atoms with Gasteiger partial charge in [-0.1, -0.05) is 47.5 Å². The van der Waals surface area contributed by atoms with Crippen LogP contribution in [-0.2, 0) is 27.7 Å². The Hall–Kier alpha value is -3.03. The van der Waals surface area contributed by atoms with Crippen molar-refractivity contribution in [2.24, 2.45) is 0 Å². The minimum Gasteiger partial charge on any atom is -0.476 e. The number of ether oxygens (including phenoxy) is 1. The zero-order chi connectivity index (χ0) is 24.7. The van der Waals surface area contributed by atoms with Crippen LogP contribution in [0.15, 0.2) is 65.6 Å². The molecule has 3 aromatic carbocycles. The van der Waals surface area contributed by atoms with E-state index in [0.717, 1.165) is 30.4 Å². The number of nitrogens with one attached hydrogen (secondary N) is 1. The van der Waals surface area contributed by atoms with Crippen LogP contribution in [0.1, 0.15) is 41.6 Å². The van der Waals surface area contributed by atoms with E-state index in [4.69, 9.17) is 16.3 Å². The number of anilines is 1. The molecular formula is C27H27ClN2O4S. The Morgan fingerprint density at radius 1 is 1.06 bits per heavy atom. The predicted octanol–water partition coefficient (Wildman–Crippen LogP) is 4.97. The van der Waals surface area contributed by atoms with Crippen molar-refractivity contribution in [2.75, 3.05) is 10.8 Å². The molecule has 6 nitrogen and oxygen atoms in total. The number of hydrogen-bond donors (Lipinski definition) is 1. The lowest BCUT2D eigenvalue weighted by Gasteiger charge is -2.35. The van der Waals surface area contributed by atoms with Gasteiger partial charge in [0.1, 0.15) is 5.75 Å². The van der Waals surface area contributed by atoms with Gasteiger partial charge in [0, 0.05) is 5.02 Å². The molecule has 2 aliphatic rings. The Kier molecular flexibility index (Phi) is 6.23. The molecule has 3 aromatic rings. The van der Waals surface area contributed by atoms with Gasteiger partial charge in [0.2, 0.25) is 0 Å². The largest absolute Gasteiger partial charge is 0.476 e. The van der Waals surface area contributed by atoms with Gasteiger partial charge in [0.25, 0.3) is 15.9 Å². The summed E-state index contributed by atoms with van der Waals surface area (Å²) in [5, 5.41) is 3.39. The number of benzene rings is 3. The quantitative estimate of drug-likeness (QED) is 0.525. The van der Waals surface area contributed by atoms with E-state index >= 15 is 0 Å². The van der Waals surface area contributed by atoms with E-state index in [2.05, 4.69) is 17.4 Å². The van der Waals surface area contributed by atoms with Crippen molar-refractivity contribution in [3.8, 4) is 5.75 Å². The van der Waals surface area contributed by atoms with Crippen LogP contribution in [0.4, 0.5) is 5.69 Å². The number of hydrogen-bond acceptors (Lipinski definition) is 4. The van der Waals surface area contributed by atoms with Gasteiger partial charge < -0.3 is 10.1 Å². The first-order valence-corrected chi connectivity index (χ1v) is 13.5. The lowest BCUT2D eigenvalue weighted by atomic mass is 10.0. The highest BCUT2D eigenvalue weighted by Gasteiger charge is 2.38. The molecule has 1 aliphatic carbocycles. The van der Waals surface area contributed by atoms with Crippen LogP contribution >= 0.6 is 11.6 Å². The fourth-order valence-electron chi connectivity index (χ4n) is 4.68.